The van der Waals surface area contributed by atoms with Crippen LogP contribution in [0.25, 0.3) is 0 Å². The summed E-state index contributed by atoms with van der Waals surface area (Å²) in [6.45, 7) is 8.90. The average Bonchev–Trinajstić information content (AvgIpc) is 2.76. The van der Waals surface area contributed by atoms with Crippen molar-refractivity contribution >= 4 is 0 Å². The first-order valence-corrected chi connectivity index (χ1v) is 7.12. The number of aromatic nitrogens is 2. The van der Waals surface area contributed by atoms with Gasteiger partial charge in [0.05, 0.1) is 6.54 Å². The minimum Gasteiger partial charge on any atom is -0.334 e. The van der Waals surface area contributed by atoms with Gasteiger partial charge in [0.15, 0.2) is 0 Å². The first-order chi connectivity index (χ1) is 8.70. The molecule has 1 saturated heterocycles. The number of imidazole rings is 1. The minimum atomic E-state index is 0.632. The molecule has 1 aromatic heterocycles. The summed E-state index contributed by atoms with van der Waals surface area (Å²) in [5.74, 6) is 1.89. The summed E-state index contributed by atoms with van der Waals surface area (Å²) in [4.78, 5) is 6.87. The van der Waals surface area contributed by atoms with Gasteiger partial charge < -0.3 is 14.8 Å². The fraction of sp³-hybridized carbons (Fsp3) is 0.786. The van der Waals surface area contributed by atoms with E-state index >= 15 is 0 Å². The lowest BCUT2D eigenvalue weighted by atomic mass is 9.94. The molecule has 0 aliphatic carbocycles. The number of likely N-dealkylation sites (tertiary alicyclic amines) is 1. The van der Waals surface area contributed by atoms with Crippen molar-refractivity contribution in [3.8, 4) is 0 Å². The van der Waals surface area contributed by atoms with Gasteiger partial charge in [-0.05, 0) is 32.4 Å². The molecule has 2 atom stereocenters. The van der Waals surface area contributed by atoms with Gasteiger partial charge in [0.25, 0.3) is 0 Å². The van der Waals surface area contributed by atoms with E-state index in [0.29, 0.717) is 6.04 Å². The quantitative estimate of drug-likeness (QED) is 0.864. The first-order valence-electron chi connectivity index (χ1n) is 7.12. The highest BCUT2D eigenvalue weighted by molar-refractivity contribution is 4.93. The van der Waals surface area contributed by atoms with E-state index in [1.54, 1.807) is 0 Å². The third-order valence-electron chi connectivity index (χ3n) is 3.90. The zero-order chi connectivity index (χ0) is 13.0. The molecule has 0 radical (unpaired) electrons. The number of rotatable bonds is 5. The molecule has 1 aliphatic heterocycles. The lowest BCUT2D eigenvalue weighted by Crippen LogP contribution is -2.46. The molecule has 1 N–H and O–H groups in total. The van der Waals surface area contributed by atoms with E-state index in [0.717, 1.165) is 25.4 Å². The third-order valence-corrected chi connectivity index (χ3v) is 3.90. The molecular formula is C14H26N4. The number of hydrogen-bond donors (Lipinski definition) is 1. The molecule has 4 nitrogen and oxygen atoms in total. The number of nitrogens with one attached hydrogen (secondary N) is 1. The molecule has 18 heavy (non-hydrogen) atoms. The molecule has 0 saturated carbocycles. The summed E-state index contributed by atoms with van der Waals surface area (Å²) in [6, 6.07) is 0.632. The van der Waals surface area contributed by atoms with Crippen molar-refractivity contribution < 1.29 is 0 Å². The van der Waals surface area contributed by atoms with Crippen LogP contribution in [0.1, 0.15) is 32.5 Å². The maximum Gasteiger partial charge on any atom is 0.122 e. The first kappa shape index (κ1) is 13.6. The Bertz CT molecular complexity index is 360. The Morgan fingerprint density at radius 2 is 2.33 bits per heavy atom. The SMILES string of the molecule is CCCn1ccnc1CNC1CCN(C)CC1C. The zero-order valence-corrected chi connectivity index (χ0v) is 11.9. The van der Waals surface area contributed by atoms with Gasteiger partial charge in [-0.25, -0.2) is 4.98 Å². The Hall–Kier alpha value is -0.870. The smallest absolute Gasteiger partial charge is 0.122 e. The van der Waals surface area contributed by atoms with E-state index in [1.807, 2.05) is 6.20 Å². The largest absolute Gasteiger partial charge is 0.334 e. The van der Waals surface area contributed by atoms with Crippen LogP contribution < -0.4 is 5.32 Å². The Morgan fingerprint density at radius 3 is 3.06 bits per heavy atom. The molecule has 0 spiro atoms. The summed E-state index contributed by atoms with van der Waals surface area (Å²) < 4.78 is 2.26. The lowest BCUT2D eigenvalue weighted by molar-refractivity contribution is 0.173. The van der Waals surface area contributed by atoms with Crippen LogP contribution in [0.2, 0.25) is 0 Å². The van der Waals surface area contributed by atoms with E-state index < -0.39 is 0 Å². The second-order valence-electron chi connectivity index (χ2n) is 5.55. The fourth-order valence-electron chi connectivity index (χ4n) is 2.83. The van der Waals surface area contributed by atoms with Gasteiger partial charge in [-0.2, -0.15) is 0 Å². The second-order valence-corrected chi connectivity index (χ2v) is 5.55. The van der Waals surface area contributed by atoms with E-state index in [2.05, 4.69) is 46.9 Å². The maximum atomic E-state index is 4.45. The maximum absolute atomic E-state index is 4.45. The van der Waals surface area contributed by atoms with Crippen LogP contribution >= 0.6 is 0 Å². The van der Waals surface area contributed by atoms with Gasteiger partial charge in [0.2, 0.25) is 0 Å². The molecule has 1 fully saturated rings. The van der Waals surface area contributed by atoms with Crippen LogP contribution in [0.4, 0.5) is 0 Å². The minimum absolute atomic E-state index is 0.632. The summed E-state index contributed by atoms with van der Waals surface area (Å²) in [7, 11) is 2.21. The van der Waals surface area contributed by atoms with Gasteiger partial charge in [-0.15, -0.1) is 0 Å². The van der Waals surface area contributed by atoms with Crippen molar-refractivity contribution in [2.45, 2.75) is 45.8 Å². The Morgan fingerprint density at radius 1 is 1.50 bits per heavy atom. The summed E-state index contributed by atoms with van der Waals surface area (Å²) >= 11 is 0. The van der Waals surface area contributed by atoms with Gasteiger partial charge in [-0.1, -0.05) is 13.8 Å². The molecule has 0 aromatic carbocycles. The second kappa shape index (κ2) is 6.34. The summed E-state index contributed by atoms with van der Waals surface area (Å²) in [5.41, 5.74) is 0. The Balaban J connectivity index is 1.85. The highest BCUT2D eigenvalue weighted by Gasteiger charge is 2.23. The van der Waals surface area contributed by atoms with Crippen molar-refractivity contribution in [1.29, 1.82) is 0 Å². The Labute approximate surface area is 110 Å². The van der Waals surface area contributed by atoms with Crippen molar-refractivity contribution in [3.63, 3.8) is 0 Å². The molecular weight excluding hydrogens is 224 g/mol. The van der Waals surface area contributed by atoms with Crippen LogP contribution in [-0.2, 0) is 13.1 Å². The van der Waals surface area contributed by atoms with E-state index in [9.17, 15) is 0 Å². The third kappa shape index (κ3) is 3.33. The molecule has 2 rings (SSSR count). The van der Waals surface area contributed by atoms with Gasteiger partial charge >= 0.3 is 0 Å². The summed E-state index contributed by atoms with van der Waals surface area (Å²) in [5, 5.41) is 3.68. The molecule has 2 heterocycles. The predicted octanol–water partition coefficient (Wildman–Crippen LogP) is 1.72. The van der Waals surface area contributed by atoms with Crippen LogP contribution in [-0.4, -0.2) is 40.6 Å². The molecule has 1 aromatic rings. The highest BCUT2D eigenvalue weighted by atomic mass is 15.1. The predicted molar refractivity (Wildman–Crippen MR) is 74.4 cm³/mol. The zero-order valence-electron chi connectivity index (χ0n) is 11.9. The molecule has 4 heteroatoms. The normalized spacial score (nSPS) is 25.5. The van der Waals surface area contributed by atoms with E-state index in [1.165, 1.54) is 25.3 Å². The monoisotopic (exact) mass is 250 g/mol. The molecule has 102 valence electrons. The average molecular weight is 250 g/mol. The number of aryl methyl sites for hydroxylation is 1. The van der Waals surface area contributed by atoms with Crippen LogP contribution in [0, 0.1) is 5.92 Å². The van der Waals surface area contributed by atoms with Crippen LogP contribution in [0.5, 0.6) is 0 Å². The summed E-state index contributed by atoms with van der Waals surface area (Å²) in [6.07, 6.45) is 6.39. The molecule has 0 bridgehead atoms. The number of hydrogen-bond acceptors (Lipinski definition) is 3. The lowest BCUT2D eigenvalue weighted by Gasteiger charge is -2.35. The van der Waals surface area contributed by atoms with Crippen molar-refractivity contribution in [1.82, 2.24) is 19.8 Å². The topological polar surface area (TPSA) is 33.1 Å². The molecule has 0 amide bonds. The van der Waals surface area contributed by atoms with Crippen molar-refractivity contribution in [2.24, 2.45) is 5.92 Å². The number of nitrogens with zero attached hydrogens (tertiary/aromatic N) is 3. The molecule has 1 aliphatic rings. The van der Waals surface area contributed by atoms with Gasteiger partial charge in [-0.3, -0.25) is 0 Å². The molecule has 2 unspecified atom stereocenters. The standard InChI is InChI=1S/C14H26N4/c1-4-7-18-9-6-15-14(18)10-16-13-5-8-17(3)11-12(13)2/h6,9,12-13,16H,4-5,7-8,10-11H2,1-3H3. The highest BCUT2D eigenvalue weighted by Crippen LogP contribution is 2.15. The van der Waals surface area contributed by atoms with E-state index in [-0.39, 0.29) is 0 Å². The van der Waals surface area contributed by atoms with Gasteiger partial charge in [0, 0.05) is 31.5 Å². The van der Waals surface area contributed by atoms with Crippen LogP contribution in [0.15, 0.2) is 12.4 Å². The fourth-order valence-corrected chi connectivity index (χ4v) is 2.83. The van der Waals surface area contributed by atoms with Gasteiger partial charge in [0.1, 0.15) is 5.82 Å². The van der Waals surface area contributed by atoms with Crippen molar-refractivity contribution in [3.05, 3.63) is 18.2 Å². The van der Waals surface area contributed by atoms with Crippen molar-refractivity contribution in [2.75, 3.05) is 20.1 Å². The van der Waals surface area contributed by atoms with Crippen LogP contribution in [0.3, 0.4) is 0 Å². The Kier molecular flexibility index (Phi) is 4.78. The number of piperidine rings is 1. The van der Waals surface area contributed by atoms with E-state index in [4.69, 9.17) is 0 Å².